The van der Waals surface area contributed by atoms with Gasteiger partial charge in [0.15, 0.2) is 12.4 Å². The summed E-state index contributed by atoms with van der Waals surface area (Å²) in [6.07, 6.45) is 4.71. The van der Waals surface area contributed by atoms with E-state index in [-0.39, 0.29) is 11.5 Å². The Labute approximate surface area is 167 Å². The van der Waals surface area contributed by atoms with Crippen molar-refractivity contribution >= 4 is 17.8 Å². The van der Waals surface area contributed by atoms with Gasteiger partial charge in [-0.05, 0) is 30.2 Å². The molecule has 9 heteroatoms. The summed E-state index contributed by atoms with van der Waals surface area (Å²) in [6.45, 7) is 3.25. The van der Waals surface area contributed by atoms with E-state index in [2.05, 4.69) is 15.4 Å². The average Bonchev–Trinajstić information content (AvgIpc) is 3.33. The fourth-order valence-electron chi connectivity index (χ4n) is 2.86. The lowest BCUT2D eigenvalue weighted by Crippen LogP contribution is -2.35. The molecule has 3 aromatic heterocycles. The number of rotatable bonds is 6. The van der Waals surface area contributed by atoms with E-state index in [1.54, 1.807) is 53.0 Å². The number of amides is 2. The van der Waals surface area contributed by atoms with Crippen molar-refractivity contribution in [1.82, 2.24) is 24.6 Å². The van der Waals surface area contributed by atoms with Crippen LogP contribution in [0.3, 0.4) is 0 Å². The molecule has 9 nitrogen and oxygen atoms in total. The second-order valence-electron chi connectivity index (χ2n) is 6.66. The number of pyridine rings is 1. The van der Waals surface area contributed by atoms with Gasteiger partial charge in [0.1, 0.15) is 11.3 Å². The van der Waals surface area contributed by atoms with Crippen molar-refractivity contribution in [3.8, 4) is 5.82 Å². The summed E-state index contributed by atoms with van der Waals surface area (Å²) in [5.41, 5.74) is 1.18. The molecule has 0 fully saturated rings. The smallest absolute Gasteiger partial charge is 0.342 e. The third-order valence-electron chi connectivity index (χ3n) is 4.20. The van der Waals surface area contributed by atoms with Crippen molar-refractivity contribution in [3.05, 3.63) is 65.9 Å². The van der Waals surface area contributed by atoms with E-state index < -0.39 is 24.4 Å². The first-order chi connectivity index (χ1) is 13.9. The standard InChI is InChI=1S/C20H21N5O4/c1-13(2)18-14(11-22-25(18)16-8-4-5-9-21-16)20(28)29-12-17(26)23-19(27)15-7-6-10-24(15)3/h4-11,13H,12H2,1-3H3,(H,23,26,27). The van der Waals surface area contributed by atoms with Crippen LogP contribution in [0.1, 0.15) is 46.3 Å². The molecule has 0 aliphatic rings. The Morgan fingerprint density at radius 2 is 1.97 bits per heavy atom. The maximum atomic E-state index is 12.5. The Morgan fingerprint density at radius 1 is 1.17 bits per heavy atom. The minimum absolute atomic E-state index is 0.0465. The molecule has 2 amide bonds. The number of aromatic nitrogens is 4. The fourth-order valence-corrected chi connectivity index (χ4v) is 2.86. The highest BCUT2D eigenvalue weighted by Crippen LogP contribution is 2.22. The molecular weight excluding hydrogens is 374 g/mol. The molecule has 0 unspecified atom stereocenters. The number of ether oxygens (including phenoxy) is 1. The Morgan fingerprint density at radius 3 is 2.59 bits per heavy atom. The molecule has 3 aromatic rings. The number of carbonyl (C=O) groups is 3. The van der Waals surface area contributed by atoms with Crippen molar-refractivity contribution in [2.45, 2.75) is 19.8 Å². The molecule has 150 valence electrons. The van der Waals surface area contributed by atoms with Crippen LogP contribution in [0.4, 0.5) is 0 Å². The number of esters is 1. The number of carbonyl (C=O) groups excluding carboxylic acids is 3. The zero-order chi connectivity index (χ0) is 21.0. The zero-order valence-electron chi connectivity index (χ0n) is 16.3. The first-order valence-corrected chi connectivity index (χ1v) is 9.00. The van der Waals surface area contributed by atoms with Crippen LogP contribution in [0, 0.1) is 0 Å². The average molecular weight is 395 g/mol. The van der Waals surface area contributed by atoms with Crippen molar-refractivity contribution in [1.29, 1.82) is 0 Å². The van der Waals surface area contributed by atoms with E-state index in [0.717, 1.165) is 0 Å². The summed E-state index contributed by atoms with van der Waals surface area (Å²) < 4.78 is 8.24. The SMILES string of the molecule is CC(C)c1c(C(=O)OCC(=O)NC(=O)c2cccn2C)cnn1-c1ccccn1. The number of nitrogens with one attached hydrogen (secondary N) is 1. The van der Waals surface area contributed by atoms with Crippen LogP contribution in [-0.4, -0.2) is 43.7 Å². The van der Waals surface area contributed by atoms with E-state index in [1.165, 1.54) is 6.20 Å². The van der Waals surface area contributed by atoms with E-state index in [9.17, 15) is 14.4 Å². The highest BCUT2D eigenvalue weighted by atomic mass is 16.5. The minimum atomic E-state index is -0.715. The summed E-state index contributed by atoms with van der Waals surface area (Å²) in [5, 5.41) is 6.44. The van der Waals surface area contributed by atoms with Gasteiger partial charge in [-0.15, -0.1) is 0 Å². The molecule has 0 spiro atoms. The van der Waals surface area contributed by atoms with E-state index in [0.29, 0.717) is 17.2 Å². The summed E-state index contributed by atoms with van der Waals surface area (Å²) in [6, 6.07) is 8.64. The second kappa shape index (κ2) is 8.51. The minimum Gasteiger partial charge on any atom is -0.452 e. The lowest BCUT2D eigenvalue weighted by atomic mass is 10.1. The lowest BCUT2D eigenvalue weighted by molar-refractivity contribution is -0.123. The summed E-state index contributed by atoms with van der Waals surface area (Å²) in [4.78, 5) is 40.8. The third-order valence-corrected chi connectivity index (χ3v) is 4.20. The molecule has 3 rings (SSSR count). The number of hydrogen-bond donors (Lipinski definition) is 1. The van der Waals surface area contributed by atoms with Gasteiger partial charge in [-0.2, -0.15) is 5.10 Å². The topological polar surface area (TPSA) is 108 Å². The van der Waals surface area contributed by atoms with Crippen LogP contribution < -0.4 is 5.32 Å². The molecule has 29 heavy (non-hydrogen) atoms. The van der Waals surface area contributed by atoms with Crippen LogP contribution in [0.25, 0.3) is 5.82 Å². The first kappa shape index (κ1) is 20.0. The van der Waals surface area contributed by atoms with Gasteiger partial charge in [0, 0.05) is 19.4 Å². The Kier molecular flexibility index (Phi) is 5.87. The van der Waals surface area contributed by atoms with Gasteiger partial charge in [0.05, 0.1) is 11.9 Å². The molecule has 0 radical (unpaired) electrons. The summed E-state index contributed by atoms with van der Waals surface area (Å²) >= 11 is 0. The number of imide groups is 1. The molecule has 0 bridgehead atoms. The van der Waals surface area contributed by atoms with Crippen molar-refractivity contribution in [3.63, 3.8) is 0 Å². The van der Waals surface area contributed by atoms with Crippen LogP contribution in [0.2, 0.25) is 0 Å². The van der Waals surface area contributed by atoms with Gasteiger partial charge in [-0.3, -0.25) is 14.9 Å². The van der Waals surface area contributed by atoms with Gasteiger partial charge < -0.3 is 9.30 Å². The summed E-state index contributed by atoms with van der Waals surface area (Å²) in [7, 11) is 1.69. The largest absolute Gasteiger partial charge is 0.452 e. The fraction of sp³-hybridized carbons (Fsp3) is 0.250. The van der Waals surface area contributed by atoms with E-state index in [1.807, 2.05) is 19.9 Å². The molecule has 0 aliphatic heterocycles. The molecule has 0 aliphatic carbocycles. The van der Waals surface area contributed by atoms with Crippen LogP contribution in [-0.2, 0) is 16.6 Å². The quantitative estimate of drug-likeness (QED) is 0.638. The number of hydrogen-bond acceptors (Lipinski definition) is 6. The molecular formula is C20H21N5O4. The molecule has 3 heterocycles. The Bertz CT molecular complexity index is 1040. The normalized spacial score (nSPS) is 10.8. The van der Waals surface area contributed by atoms with Gasteiger partial charge in [0.2, 0.25) is 0 Å². The molecule has 0 saturated heterocycles. The predicted octanol–water partition coefficient (Wildman–Crippen LogP) is 1.84. The van der Waals surface area contributed by atoms with E-state index in [4.69, 9.17) is 4.74 Å². The van der Waals surface area contributed by atoms with Gasteiger partial charge >= 0.3 is 5.97 Å². The lowest BCUT2D eigenvalue weighted by Gasteiger charge is -2.12. The molecule has 0 atom stereocenters. The third kappa shape index (κ3) is 4.40. The van der Waals surface area contributed by atoms with Crippen LogP contribution in [0.5, 0.6) is 0 Å². The van der Waals surface area contributed by atoms with Crippen LogP contribution in [0.15, 0.2) is 48.9 Å². The van der Waals surface area contributed by atoms with Gasteiger partial charge in [-0.1, -0.05) is 19.9 Å². The second-order valence-corrected chi connectivity index (χ2v) is 6.66. The maximum absolute atomic E-state index is 12.5. The summed E-state index contributed by atoms with van der Waals surface area (Å²) in [5.74, 6) is -1.45. The first-order valence-electron chi connectivity index (χ1n) is 9.00. The molecule has 0 saturated carbocycles. The zero-order valence-corrected chi connectivity index (χ0v) is 16.3. The molecule has 0 aromatic carbocycles. The van der Waals surface area contributed by atoms with E-state index >= 15 is 0 Å². The van der Waals surface area contributed by atoms with Crippen molar-refractivity contribution in [2.24, 2.45) is 7.05 Å². The predicted molar refractivity (Wildman–Crippen MR) is 104 cm³/mol. The Balaban J connectivity index is 1.68. The Hall–Kier alpha value is -3.75. The van der Waals surface area contributed by atoms with Crippen molar-refractivity contribution in [2.75, 3.05) is 6.61 Å². The highest BCUT2D eigenvalue weighted by Gasteiger charge is 2.23. The van der Waals surface area contributed by atoms with Gasteiger partial charge in [-0.25, -0.2) is 14.5 Å². The number of aryl methyl sites for hydroxylation is 1. The highest BCUT2D eigenvalue weighted by molar-refractivity contribution is 6.04. The number of nitrogens with zero attached hydrogens (tertiary/aromatic N) is 4. The monoisotopic (exact) mass is 395 g/mol. The van der Waals surface area contributed by atoms with Crippen molar-refractivity contribution < 1.29 is 19.1 Å². The van der Waals surface area contributed by atoms with Gasteiger partial charge in [0.25, 0.3) is 11.8 Å². The van der Waals surface area contributed by atoms with Crippen LogP contribution >= 0.6 is 0 Å². The molecule has 1 N–H and O–H groups in total. The maximum Gasteiger partial charge on any atom is 0.342 e.